The summed E-state index contributed by atoms with van der Waals surface area (Å²) in [6, 6.07) is 9.68. The van der Waals surface area contributed by atoms with Crippen molar-refractivity contribution in [2.24, 2.45) is 0 Å². The summed E-state index contributed by atoms with van der Waals surface area (Å²) in [6.07, 6.45) is 0.738. The van der Waals surface area contributed by atoms with Crippen LogP contribution >= 0.6 is 15.9 Å². The molecule has 174 valence electrons. The van der Waals surface area contributed by atoms with E-state index in [2.05, 4.69) is 15.9 Å². The Bertz CT molecular complexity index is 1220. The van der Waals surface area contributed by atoms with Gasteiger partial charge in [-0.2, -0.15) is 0 Å². The summed E-state index contributed by atoms with van der Waals surface area (Å²) in [5.41, 5.74) is 5.22. The number of fused-ring (bicyclic) bond motifs is 3. The molecule has 1 aliphatic heterocycles. The molecule has 0 saturated heterocycles. The normalized spacial score (nSPS) is 11.9. The minimum absolute atomic E-state index is 0.291. The molecule has 4 rings (SSSR count). The Morgan fingerprint density at radius 3 is 2.21 bits per heavy atom. The number of esters is 1. The van der Waals surface area contributed by atoms with Crippen LogP contribution in [0.2, 0.25) is 0 Å². The van der Waals surface area contributed by atoms with E-state index in [1.165, 1.54) is 0 Å². The van der Waals surface area contributed by atoms with E-state index in [1.807, 2.05) is 34.9 Å². The summed E-state index contributed by atoms with van der Waals surface area (Å²) >= 11 is 3.72. The zero-order valence-corrected chi connectivity index (χ0v) is 20.9. The first kappa shape index (κ1) is 23.0. The zero-order chi connectivity index (χ0) is 23.7. The molecule has 1 aliphatic rings. The van der Waals surface area contributed by atoms with E-state index in [0.29, 0.717) is 46.3 Å². The highest BCUT2D eigenvalue weighted by molar-refractivity contribution is 9.10. The largest absolute Gasteiger partial charge is 0.493 e. The molecule has 0 bridgehead atoms. The van der Waals surface area contributed by atoms with Crippen LogP contribution in [0.15, 0.2) is 34.8 Å². The summed E-state index contributed by atoms with van der Waals surface area (Å²) in [4.78, 5) is 13.0. The Kier molecular flexibility index (Phi) is 6.56. The van der Waals surface area contributed by atoms with Gasteiger partial charge in [-0.3, -0.25) is 0 Å². The molecule has 8 heteroatoms. The van der Waals surface area contributed by atoms with Gasteiger partial charge >= 0.3 is 5.97 Å². The van der Waals surface area contributed by atoms with E-state index in [4.69, 9.17) is 23.7 Å². The van der Waals surface area contributed by atoms with Crippen molar-refractivity contribution in [3.63, 3.8) is 0 Å². The van der Waals surface area contributed by atoms with E-state index in [1.54, 1.807) is 35.4 Å². The first-order valence-corrected chi connectivity index (χ1v) is 11.3. The molecule has 33 heavy (non-hydrogen) atoms. The van der Waals surface area contributed by atoms with Crippen molar-refractivity contribution in [2.75, 3.05) is 35.0 Å². The molecule has 0 unspecified atom stereocenters. The van der Waals surface area contributed by atoms with Gasteiger partial charge < -0.3 is 28.3 Å². The lowest BCUT2D eigenvalue weighted by Gasteiger charge is -2.24. The first-order chi connectivity index (χ1) is 16.0. The van der Waals surface area contributed by atoms with Crippen molar-refractivity contribution >= 4 is 21.9 Å². The number of ether oxygens (including phenoxy) is 5. The van der Waals surface area contributed by atoms with Gasteiger partial charge in [0.1, 0.15) is 5.69 Å². The molecule has 2 aromatic carbocycles. The third kappa shape index (κ3) is 3.82. The second kappa shape index (κ2) is 9.39. The molecular weight excluding hydrogens is 490 g/mol. The number of nitrogens with zero attached hydrogens (tertiary/aromatic N) is 1. The third-order valence-electron chi connectivity index (χ3n) is 5.81. The predicted octanol–water partition coefficient (Wildman–Crippen LogP) is 5.35. The molecular formula is C25H26BrNO6. The fourth-order valence-corrected chi connectivity index (χ4v) is 5.12. The Morgan fingerprint density at radius 1 is 0.939 bits per heavy atom. The lowest BCUT2D eigenvalue weighted by Crippen LogP contribution is -2.18. The molecule has 0 N–H and O–H groups in total. The molecule has 0 atom stereocenters. The van der Waals surface area contributed by atoms with Crippen LogP contribution in [-0.4, -0.2) is 45.6 Å². The van der Waals surface area contributed by atoms with Gasteiger partial charge in [0.05, 0.1) is 45.2 Å². The summed E-state index contributed by atoms with van der Waals surface area (Å²) in [5, 5.41) is 0. The second-order valence-electron chi connectivity index (χ2n) is 7.44. The number of carbonyl (C=O) groups excluding carboxylic acids is 1. The van der Waals surface area contributed by atoms with Crippen LogP contribution in [0.5, 0.6) is 23.0 Å². The molecule has 1 aromatic heterocycles. The van der Waals surface area contributed by atoms with E-state index in [-0.39, 0.29) is 5.97 Å². The lowest BCUT2D eigenvalue weighted by molar-refractivity contribution is 0.0512. The highest BCUT2D eigenvalue weighted by Gasteiger charge is 2.32. The molecule has 0 aliphatic carbocycles. The Balaban J connectivity index is 2.04. The minimum Gasteiger partial charge on any atom is -0.493 e. The molecule has 0 spiro atoms. The molecule has 2 heterocycles. The first-order valence-electron chi connectivity index (χ1n) is 10.6. The summed E-state index contributed by atoms with van der Waals surface area (Å²) in [7, 11) is 6.44. The summed E-state index contributed by atoms with van der Waals surface area (Å²) < 4.78 is 30.1. The third-order valence-corrected chi connectivity index (χ3v) is 6.59. The van der Waals surface area contributed by atoms with Crippen LogP contribution in [0, 0.1) is 0 Å². The van der Waals surface area contributed by atoms with E-state index >= 15 is 0 Å². The number of halogens is 1. The van der Waals surface area contributed by atoms with E-state index in [9.17, 15) is 4.79 Å². The van der Waals surface area contributed by atoms with Crippen molar-refractivity contribution in [3.8, 4) is 45.4 Å². The Labute approximate surface area is 201 Å². The summed E-state index contributed by atoms with van der Waals surface area (Å²) in [6.45, 7) is 2.71. The van der Waals surface area contributed by atoms with Crippen molar-refractivity contribution in [1.82, 2.24) is 4.57 Å². The number of aromatic nitrogens is 1. The van der Waals surface area contributed by atoms with Crippen LogP contribution in [0.25, 0.3) is 22.4 Å². The number of methoxy groups -OCH3 is 4. The van der Waals surface area contributed by atoms with Gasteiger partial charge in [0.2, 0.25) is 0 Å². The molecule has 0 saturated carbocycles. The van der Waals surface area contributed by atoms with Gasteiger partial charge in [-0.1, -0.05) is 6.07 Å². The van der Waals surface area contributed by atoms with Crippen LogP contribution < -0.4 is 18.9 Å². The van der Waals surface area contributed by atoms with Crippen molar-refractivity contribution in [3.05, 3.63) is 46.1 Å². The number of benzene rings is 2. The van der Waals surface area contributed by atoms with E-state index in [0.717, 1.165) is 34.4 Å². The topological polar surface area (TPSA) is 68.2 Å². The zero-order valence-electron chi connectivity index (χ0n) is 19.3. The fourth-order valence-electron chi connectivity index (χ4n) is 4.33. The van der Waals surface area contributed by atoms with Gasteiger partial charge in [0.15, 0.2) is 23.0 Å². The average molecular weight is 516 g/mol. The highest BCUT2D eigenvalue weighted by Crippen LogP contribution is 2.49. The van der Waals surface area contributed by atoms with Crippen LogP contribution in [0.3, 0.4) is 0 Å². The minimum atomic E-state index is -0.374. The molecule has 3 aromatic rings. The van der Waals surface area contributed by atoms with Crippen LogP contribution in [-0.2, 0) is 17.7 Å². The molecule has 0 radical (unpaired) electrons. The standard InChI is InChI=1S/C25H26BrNO6/c1-6-33-25(28)24-22(26)21(15-7-8-17(29-2)18(12-15)30-3)23-16-13-20(32-5)19(31-4)11-14(16)9-10-27(23)24/h7-8,11-13H,6,9-10H2,1-5H3. The maximum Gasteiger partial charge on any atom is 0.356 e. The van der Waals surface area contributed by atoms with Crippen LogP contribution in [0.4, 0.5) is 0 Å². The number of hydrogen-bond donors (Lipinski definition) is 0. The number of rotatable bonds is 7. The van der Waals surface area contributed by atoms with Gasteiger partial charge in [-0.05, 0) is 64.7 Å². The number of hydrogen-bond acceptors (Lipinski definition) is 6. The predicted molar refractivity (Wildman–Crippen MR) is 129 cm³/mol. The monoisotopic (exact) mass is 515 g/mol. The van der Waals surface area contributed by atoms with Gasteiger partial charge in [-0.15, -0.1) is 0 Å². The maximum absolute atomic E-state index is 13.0. The Hall–Kier alpha value is -3.13. The van der Waals surface area contributed by atoms with Gasteiger partial charge in [0, 0.05) is 17.7 Å². The van der Waals surface area contributed by atoms with Crippen molar-refractivity contribution in [2.45, 2.75) is 19.9 Å². The Morgan fingerprint density at radius 2 is 1.58 bits per heavy atom. The summed E-state index contributed by atoms with van der Waals surface area (Å²) in [5.74, 6) is 2.15. The quantitative estimate of drug-likeness (QED) is 0.395. The van der Waals surface area contributed by atoms with Gasteiger partial charge in [-0.25, -0.2) is 4.79 Å². The maximum atomic E-state index is 13.0. The molecule has 0 fully saturated rings. The van der Waals surface area contributed by atoms with Crippen molar-refractivity contribution in [1.29, 1.82) is 0 Å². The SMILES string of the molecule is CCOC(=O)c1c(Br)c(-c2ccc(OC)c(OC)c2)c2n1CCc1cc(OC)c(OC)cc1-2. The average Bonchev–Trinajstić information content (AvgIpc) is 3.14. The highest BCUT2D eigenvalue weighted by atomic mass is 79.9. The molecule has 7 nitrogen and oxygen atoms in total. The van der Waals surface area contributed by atoms with Crippen LogP contribution in [0.1, 0.15) is 23.0 Å². The number of carbonyl (C=O) groups is 1. The molecule has 0 amide bonds. The van der Waals surface area contributed by atoms with Gasteiger partial charge in [0.25, 0.3) is 0 Å². The van der Waals surface area contributed by atoms with E-state index < -0.39 is 0 Å². The number of aryl methyl sites for hydroxylation is 1. The second-order valence-corrected chi connectivity index (χ2v) is 8.24. The lowest BCUT2D eigenvalue weighted by atomic mass is 9.93. The van der Waals surface area contributed by atoms with Crippen molar-refractivity contribution < 1.29 is 28.5 Å². The fraction of sp³-hybridized carbons (Fsp3) is 0.320. The smallest absolute Gasteiger partial charge is 0.356 e.